The normalized spacial score (nSPS) is 12.2. The molecule has 1 unspecified atom stereocenters. The molecule has 2 nitrogen and oxygen atoms in total. The number of hydrogen-bond donors (Lipinski definition) is 1. The van der Waals surface area contributed by atoms with Crippen LogP contribution in [-0.2, 0) is 6.42 Å². The van der Waals surface area contributed by atoms with E-state index in [9.17, 15) is 4.39 Å². The lowest BCUT2D eigenvalue weighted by Crippen LogP contribution is -2.05. The molecule has 0 saturated heterocycles. The van der Waals surface area contributed by atoms with Crippen LogP contribution in [0.15, 0.2) is 42.5 Å². The number of ether oxygens (including phenoxy) is 1. The van der Waals surface area contributed by atoms with Crippen molar-refractivity contribution in [3.05, 3.63) is 59.4 Å². The van der Waals surface area contributed by atoms with Gasteiger partial charge in [-0.25, -0.2) is 4.39 Å². The molecule has 0 amide bonds. The lowest BCUT2D eigenvalue weighted by atomic mass is 9.99. The predicted molar refractivity (Wildman–Crippen MR) is 84.4 cm³/mol. The molecular formula is C18H22FNO. The highest BCUT2D eigenvalue weighted by atomic mass is 19.1. The average molecular weight is 287 g/mol. The van der Waals surface area contributed by atoms with Crippen molar-refractivity contribution in [3.63, 3.8) is 0 Å². The summed E-state index contributed by atoms with van der Waals surface area (Å²) in [6, 6.07) is 12.8. The van der Waals surface area contributed by atoms with Gasteiger partial charge >= 0.3 is 0 Å². The fraction of sp³-hybridized carbons (Fsp3) is 0.333. The Labute approximate surface area is 125 Å². The van der Waals surface area contributed by atoms with Crippen molar-refractivity contribution in [3.8, 4) is 11.5 Å². The van der Waals surface area contributed by atoms with Crippen molar-refractivity contribution in [2.24, 2.45) is 5.73 Å². The highest BCUT2D eigenvalue weighted by molar-refractivity contribution is 5.40. The van der Waals surface area contributed by atoms with Gasteiger partial charge in [0.25, 0.3) is 0 Å². The molecule has 0 bridgehead atoms. The molecule has 0 saturated carbocycles. The molecule has 0 aliphatic heterocycles. The smallest absolute Gasteiger partial charge is 0.166 e. The largest absolute Gasteiger partial charge is 0.454 e. The molecule has 112 valence electrons. The molecule has 2 aromatic rings. The SMILES string of the molecule is CCC(C)c1ccc(Oc2c(F)cccc2CCN)cc1. The van der Waals surface area contributed by atoms with Crippen molar-refractivity contribution >= 4 is 0 Å². The minimum Gasteiger partial charge on any atom is -0.454 e. The van der Waals surface area contributed by atoms with Gasteiger partial charge in [0.2, 0.25) is 0 Å². The first-order valence-corrected chi connectivity index (χ1v) is 7.41. The summed E-state index contributed by atoms with van der Waals surface area (Å²) in [4.78, 5) is 0. The predicted octanol–water partition coefficient (Wildman–Crippen LogP) is 4.63. The van der Waals surface area contributed by atoms with E-state index in [1.54, 1.807) is 6.07 Å². The van der Waals surface area contributed by atoms with Crippen LogP contribution in [0, 0.1) is 5.82 Å². The fourth-order valence-electron chi connectivity index (χ4n) is 2.24. The molecular weight excluding hydrogens is 265 g/mol. The summed E-state index contributed by atoms with van der Waals surface area (Å²) in [7, 11) is 0. The second-order valence-electron chi connectivity index (χ2n) is 5.25. The number of halogens is 1. The standard InChI is InChI=1S/C18H22FNO/c1-3-13(2)14-7-9-16(10-8-14)21-18-15(11-12-20)5-4-6-17(18)19/h4-10,13H,3,11-12,20H2,1-2H3. The van der Waals surface area contributed by atoms with Gasteiger partial charge in [-0.15, -0.1) is 0 Å². The van der Waals surface area contributed by atoms with Crippen LogP contribution in [0.3, 0.4) is 0 Å². The quantitative estimate of drug-likeness (QED) is 0.840. The van der Waals surface area contributed by atoms with Crippen LogP contribution in [0.5, 0.6) is 11.5 Å². The van der Waals surface area contributed by atoms with Crippen LogP contribution in [0.1, 0.15) is 37.3 Å². The van der Waals surface area contributed by atoms with Crippen LogP contribution in [0.25, 0.3) is 0 Å². The summed E-state index contributed by atoms with van der Waals surface area (Å²) in [5, 5.41) is 0. The fourth-order valence-corrected chi connectivity index (χ4v) is 2.24. The van der Waals surface area contributed by atoms with E-state index in [4.69, 9.17) is 10.5 Å². The first-order valence-electron chi connectivity index (χ1n) is 7.41. The summed E-state index contributed by atoms with van der Waals surface area (Å²) >= 11 is 0. The van der Waals surface area contributed by atoms with Gasteiger partial charge in [0.15, 0.2) is 11.6 Å². The molecule has 2 N–H and O–H groups in total. The lowest BCUT2D eigenvalue weighted by molar-refractivity contribution is 0.436. The van der Waals surface area contributed by atoms with Gasteiger partial charge in [0, 0.05) is 0 Å². The minimum atomic E-state index is -0.355. The second-order valence-corrected chi connectivity index (χ2v) is 5.25. The molecule has 0 aliphatic rings. The maximum atomic E-state index is 14.0. The van der Waals surface area contributed by atoms with E-state index < -0.39 is 0 Å². The summed E-state index contributed by atoms with van der Waals surface area (Å²) in [6.07, 6.45) is 1.69. The van der Waals surface area contributed by atoms with E-state index >= 15 is 0 Å². The van der Waals surface area contributed by atoms with Crippen molar-refractivity contribution < 1.29 is 9.13 Å². The first-order chi connectivity index (χ1) is 10.2. The summed E-state index contributed by atoms with van der Waals surface area (Å²) < 4.78 is 19.7. The first kappa shape index (κ1) is 15.5. The second kappa shape index (κ2) is 7.23. The van der Waals surface area contributed by atoms with E-state index in [2.05, 4.69) is 13.8 Å². The number of benzene rings is 2. The molecule has 0 aromatic heterocycles. The zero-order chi connectivity index (χ0) is 15.2. The van der Waals surface area contributed by atoms with Crippen LogP contribution in [0.2, 0.25) is 0 Å². The molecule has 0 spiro atoms. The van der Waals surface area contributed by atoms with Crippen molar-refractivity contribution in [2.75, 3.05) is 6.54 Å². The summed E-state index contributed by atoms with van der Waals surface area (Å²) in [6.45, 7) is 4.81. The van der Waals surface area contributed by atoms with Crippen molar-refractivity contribution in [2.45, 2.75) is 32.6 Å². The highest BCUT2D eigenvalue weighted by Crippen LogP contribution is 2.30. The Bertz CT molecular complexity index is 580. The van der Waals surface area contributed by atoms with E-state index in [0.717, 1.165) is 12.0 Å². The number of rotatable bonds is 6. The Hall–Kier alpha value is -1.87. The van der Waals surface area contributed by atoms with Crippen molar-refractivity contribution in [1.29, 1.82) is 0 Å². The maximum Gasteiger partial charge on any atom is 0.166 e. The number of para-hydroxylation sites is 1. The average Bonchev–Trinajstić information content (AvgIpc) is 2.51. The monoisotopic (exact) mass is 287 g/mol. The molecule has 0 fully saturated rings. The molecule has 0 radical (unpaired) electrons. The molecule has 2 rings (SSSR count). The number of nitrogens with two attached hydrogens (primary N) is 1. The van der Waals surface area contributed by atoms with Gasteiger partial charge in [-0.3, -0.25) is 0 Å². The third-order valence-corrected chi connectivity index (χ3v) is 3.74. The van der Waals surface area contributed by atoms with Crippen LogP contribution < -0.4 is 10.5 Å². The van der Waals surface area contributed by atoms with E-state index in [0.29, 0.717) is 24.6 Å². The van der Waals surface area contributed by atoms with Gasteiger partial charge in [0.1, 0.15) is 5.75 Å². The molecule has 0 heterocycles. The summed E-state index contributed by atoms with van der Waals surface area (Å²) in [5.41, 5.74) is 7.62. The Morgan fingerprint density at radius 1 is 1.14 bits per heavy atom. The molecule has 0 aliphatic carbocycles. The van der Waals surface area contributed by atoms with Crippen LogP contribution in [-0.4, -0.2) is 6.54 Å². The van der Waals surface area contributed by atoms with Gasteiger partial charge < -0.3 is 10.5 Å². The number of hydrogen-bond acceptors (Lipinski definition) is 2. The molecule has 3 heteroatoms. The van der Waals surface area contributed by atoms with Gasteiger partial charge in [-0.2, -0.15) is 0 Å². The Kier molecular flexibility index (Phi) is 5.34. The molecule has 21 heavy (non-hydrogen) atoms. The van der Waals surface area contributed by atoms with Crippen LogP contribution in [0.4, 0.5) is 4.39 Å². The van der Waals surface area contributed by atoms with Gasteiger partial charge in [-0.1, -0.05) is 38.1 Å². The topological polar surface area (TPSA) is 35.2 Å². The Morgan fingerprint density at radius 2 is 1.86 bits per heavy atom. The zero-order valence-corrected chi connectivity index (χ0v) is 12.6. The Balaban J connectivity index is 2.22. The van der Waals surface area contributed by atoms with Gasteiger partial charge in [0.05, 0.1) is 0 Å². The lowest BCUT2D eigenvalue weighted by Gasteiger charge is -2.13. The Morgan fingerprint density at radius 3 is 2.48 bits per heavy atom. The molecule has 1 atom stereocenters. The minimum absolute atomic E-state index is 0.277. The third kappa shape index (κ3) is 3.82. The molecule has 2 aromatic carbocycles. The zero-order valence-electron chi connectivity index (χ0n) is 12.6. The highest BCUT2D eigenvalue weighted by Gasteiger charge is 2.11. The van der Waals surface area contributed by atoms with E-state index in [1.165, 1.54) is 11.6 Å². The third-order valence-electron chi connectivity index (χ3n) is 3.74. The van der Waals surface area contributed by atoms with Crippen molar-refractivity contribution in [1.82, 2.24) is 0 Å². The van der Waals surface area contributed by atoms with E-state index in [-0.39, 0.29) is 11.6 Å². The maximum absolute atomic E-state index is 14.0. The summed E-state index contributed by atoms with van der Waals surface area (Å²) in [5.74, 6) is 1.08. The van der Waals surface area contributed by atoms with Crippen LogP contribution >= 0.6 is 0 Å². The van der Waals surface area contributed by atoms with Gasteiger partial charge in [-0.05, 0) is 54.6 Å². The van der Waals surface area contributed by atoms with E-state index in [1.807, 2.05) is 30.3 Å².